The van der Waals surface area contributed by atoms with E-state index < -0.39 is 0 Å². The number of hydrogen-bond acceptors (Lipinski definition) is 3. The number of aromatic nitrogens is 2. The minimum absolute atomic E-state index is 0.126. The first kappa shape index (κ1) is 10.1. The number of nitrogens with zero attached hydrogens (tertiary/aromatic N) is 1. The number of imidazole rings is 1. The van der Waals surface area contributed by atoms with Gasteiger partial charge in [-0.05, 0) is 27.9 Å². The molecule has 84 valence electrons. The molecule has 3 rings (SSSR count). The van der Waals surface area contributed by atoms with Gasteiger partial charge in [0.05, 0.1) is 25.4 Å². The molecule has 1 atom stereocenters. The van der Waals surface area contributed by atoms with Gasteiger partial charge in [-0.2, -0.15) is 0 Å². The van der Waals surface area contributed by atoms with Crippen molar-refractivity contribution in [1.29, 1.82) is 0 Å². The Labute approximate surface area is 101 Å². The van der Waals surface area contributed by atoms with Crippen LogP contribution in [0.3, 0.4) is 0 Å². The SMILES string of the molecule is Brc1occ2c1C(c1ncc[nH]1)COCC2. The van der Waals surface area contributed by atoms with Crippen LogP contribution >= 0.6 is 15.9 Å². The number of ether oxygens (including phenoxy) is 1. The van der Waals surface area contributed by atoms with E-state index in [1.54, 1.807) is 12.5 Å². The van der Waals surface area contributed by atoms with Crippen LogP contribution in [0.4, 0.5) is 0 Å². The largest absolute Gasteiger partial charge is 0.457 e. The number of H-pyrrole nitrogens is 1. The van der Waals surface area contributed by atoms with Crippen molar-refractivity contribution < 1.29 is 9.15 Å². The summed E-state index contributed by atoms with van der Waals surface area (Å²) >= 11 is 3.45. The molecular weight excluding hydrogens is 272 g/mol. The van der Waals surface area contributed by atoms with Gasteiger partial charge in [0.15, 0.2) is 4.67 Å². The third-order valence-electron chi connectivity index (χ3n) is 2.86. The van der Waals surface area contributed by atoms with Crippen molar-refractivity contribution in [3.8, 4) is 0 Å². The first-order chi connectivity index (χ1) is 7.86. The fourth-order valence-electron chi connectivity index (χ4n) is 2.08. The predicted molar refractivity (Wildman–Crippen MR) is 61.4 cm³/mol. The van der Waals surface area contributed by atoms with Crippen molar-refractivity contribution in [2.75, 3.05) is 13.2 Å². The zero-order valence-corrected chi connectivity index (χ0v) is 10.2. The lowest BCUT2D eigenvalue weighted by atomic mass is 9.98. The molecule has 4 nitrogen and oxygen atoms in total. The number of nitrogens with one attached hydrogen (secondary N) is 1. The Morgan fingerprint density at radius 3 is 3.25 bits per heavy atom. The molecule has 1 unspecified atom stereocenters. The van der Waals surface area contributed by atoms with Gasteiger partial charge in [0.25, 0.3) is 0 Å². The number of rotatable bonds is 1. The Bertz CT molecular complexity index is 478. The van der Waals surface area contributed by atoms with E-state index in [4.69, 9.17) is 9.15 Å². The molecule has 0 saturated heterocycles. The van der Waals surface area contributed by atoms with E-state index in [2.05, 4.69) is 25.9 Å². The van der Waals surface area contributed by atoms with E-state index in [1.807, 2.05) is 6.20 Å². The highest BCUT2D eigenvalue weighted by molar-refractivity contribution is 9.10. The monoisotopic (exact) mass is 282 g/mol. The molecule has 0 radical (unpaired) electrons. The molecule has 0 amide bonds. The van der Waals surface area contributed by atoms with Gasteiger partial charge in [0, 0.05) is 18.0 Å². The quantitative estimate of drug-likeness (QED) is 0.874. The summed E-state index contributed by atoms with van der Waals surface area (Å²) in [6.45, 7) is 1.37. The first-order valence-corrected chi connectivity index (χ1v) is 5.98. The van der Waals surface area contributed by atoms with Gasteiger partial charge in [-0.15, -0.1) is 0 Å². The zero-order chi connectivity index (χ0) is 11.0. The zero-order valence-electron chi connectivity index (χ0n) is 8.57. The molecule has 0 bridgehead atoms. The van der Waals surface area contributed by atoms with Crippen molar-refractivity contribution in [2.24, 2.45) is 0 Å². The summed E-state index contributed by atoms with van der Waals surface area (Å²) in [5.74, 6) is 1.05. The second kappa shape index (κ2) is 4.07. The minimum atomic E-state index is 0.126. The molecule has 2 aromatic heterocycles. The van der Waals surface area contributed by atoms with Crippen molar-refractivity contribution in [2.45, 2.75) is 12.3 Å². The molecule has 0 aliphatic carbocycles. The van der Waals surface area contributed by atoms with Crippen LogP contribution in [0.2, 0.25) is 0 Å². The smallest absolute Gasteiger partial charge is 0.173 e. The van der Waals surface area contributed by atoms with Crippen LogP contribution in [0, 0.1) is 0 Å². The predicted octanol–water partition coefficient (Wildman–Crippen LogP) is 2.47. The van der Waals surface area contributed by atoms with E-state index in [-0.39, 0.29) is 5.92 Å². The average Bonchev–Trinajstić information content (AvgIpc) is 2.87. The topological polar surface area (TPSA) is 51.0 Å². The van der Waals surface area contributed by atoms with Gasteiger partial charge in [0.2, 0.25) is 0 Å². The summed E-state index contributed by atoms with van der Waals surface area (Å²) in [6.07, 6.45) is 6.27. The van der Waals surface area contributed by atoms with Crippen LogP contribution < -0.4 is 0 Å². The van der Waals surface area contributed by atoms with Crippen LogP contribution in [-0.2, 0) is 11.2 Å². The molecular formula is C11H11BrN2O2. The molecule has 1 aliphatic rings. The van der Waals surface area contributed by atoms with Gasteiger partial charge < -0.3 is 14.1 Å². The summed E-state index contributed by atoms with van der Waals surface area (Å²) in [5.41, 5.74) is 2.36. The van der Waals surface area contributed by atoms with Gasteiger partial charge in [-0.25, -0.2) is 4.98 Å². The Morgan fingerprint density at radius 1 is 1.50 bits per heavy atom. The number of fused-ring (bicyclic) bond motifs is 1. The highest BCUT2D eigenvalue weighted by atomic mass is 79.9. The van der Waals surface area contributed by atoms with Crippen molar-refractivity contribution in [3.63, 3.8) is 0 Å². The molecule has 3 heterocycles. The second-order valence-electron chi connectivity index (χ2n) is 3.80. The van der Waals surface area contributed by atoms with Gasteiger partial charge in [-0.1, -0.05) is 0 Å². The maximum Gasteiger partial charge on any atom is 0.173 e. The summed E-state index contributed by atoms with van der Waals surface area (Å²) in [5, 5.41) is 0. The summed E-state index contributed by atoms with van der Waals surface area (Å²) < 4.78 is 11.8. The lowest BCUT2D eigenvalue weighted by Gasteiger charge is -2.11. The third-order valence-corrected chi connectivity index (χ3v) is 3.47. The van der Waals surface area contributed by atoms with E-state index >= 15 is 0 Å². The fourth-order valence-corrected chi connectivity index (χ4v) is 2.71. The van der Waals surface area contributed by atoms with Crippen LogP contribution in [0.1, 0.15) is 22.9 Å². The van der Waals surface area contributed by atoms with E-state index in [0.717, 1.165) is 29.1 Å². The van der Waals surface area contributed by atoms with Gasteiger partial charge >= 0.3 is 0 Å². The number of halogens is 1. The molecule has 1 N–H and O–H groups in total. The highest BCUT2D eigenvalue weighted by Crippen LogP contribution is 2.35. The minimum Gasteiger partial charge on any atom is -0.457 e. The summed E-state index contributed by atoms with van der Waals surface area (Å²) in [7, 11) is 0. The molecule has 2 aromatic rings. The second-order valence-corrected chi connectivity index (χ2v) is 4.52. The maximum atomic E-state index is 5.60. The molecule has 5 heteroatoms. The molecule has 16 heavy (non-hydrogen) atoms. The molecule has 0 fully saturated rings. The third kappa shape index (κ3) is 1.60. The van der Waals surface area contributed by atoms with Crippen molar-refractivity contribution >= 4 is 15.9 Å². The molecule has 0 aromatic carbocycles. The summed E-state index contributed by atoms with van der Waals surface area (Å²) in [4.78, 5) is 7.44. The van der Waals surface area contributed by atoms with Crippen LogP contribution in [0.5, 0.6) is 0 Å². The van der Waals surface area contributed by atoms with Crippen LogP contribution in [0.25, 0.3) is 0 Å². The highest BCUT2D eigenvalue weighted by Gasteiger charge is 2.27. The van der Waals surface area contributed by atoms with Gasteiger partial charge in [-0.3, -0.25) is 0 Å². The number of furan rings is 1. The number of hydrogen-bond donors (Lipinski definition) is 1. The average molecular weight is 283 g/mol. The Morgan fingerprint density at radius 2 is 2.44 bits per heavy atom. The van der Waals surface area contributed by atoms with Crippen LogP contribution in [-0.4, -0.2) is 23.2 Å². The van der Waals surface area contributed by atoms with E-state index in [9.17, 15) is 0 Å². The molecule has 0 saturated carbocycles. The Kier molecular flexibility index (Phi) is 2.57. The lowest BCUT2D eigenvalue weighted by molar-refractivity contribution is 0.134. The standard InChI is InChI=1S/C11H11BrN2O2/c12-10-9-7(5-16-10)1-4-15-6-8(9)11-13-2-3-14-11/h2-3,5,8H,1,4,6H2,(H,13,14). The molecule has 1 aliphatic heterocycles. The molecule has 0 spiro atoms. The number of aromatic amines is 1. The normalized spacial score (nSPS) is 20.4. The van der Waals surface area contributed by atoms with E-state index in [0.29, 0.717) is 6.61 Å². The summed E-state index contributed by atoms with van der Waals surface area (Å²) in [6, 6.07) is 0. The lowest BCUT2D eigenvalue weighted by Crippen LogP contribution is -2.09. The Balaban J connectivity index is 2.08. The van der Waals surface area contributed by atoms with Crippen molar-refractivity contribution in [3.05, 3.63) is 40.3 Å². The first-order valence-electron chi connectivity index (χ1n) is 5.19. The van der Waals surface area contributed by atoms with Crippen molar-refractivity contribution in [1.82, 2.24) is 9.97 Å². The maximum absolute atomic E-state index is 5.60. The van der Waals surface area contributed by atoms with Gasteiger partial charge in [0.1, 0.15) is 5.82 Å². The fraction of sp³-hybridized carbons (Fsp3) is 0.364. The Hall–Kier alpha value is -1.07. The van der Waals surface area contributed by atoms with Crippen LogP contribution in [0.15, 0.2) is 27.7 Å². The van der Waals surface area contributed by atoms with E-state index in [1.165, 1.54) is 5.56 Å².